The van der Waals surface area contributed by atoms with E-state index in [-0.39, 0.29) is 18.0 Å². The fourth-order valence-electron chi connectivity index (χ4n) is 0.777. The van der Waals surface area contributed by atoms with Crippen molar-refractivity contribution >= 4 is 18.3 Å². The normalized spacial score (nSPS) is 10.6. The maximum Gasteiger partial charge on any atom is 0.277 e. The van der Waals surface area contributed by atoms with Crippen LogP contribution in [-0.4, -0.2) is 24.9 Å². The van der Waals surface area contributed by atoms with Gasteiger partial charge in [0.2, 0.25) is 0 Å². The molecule has 0 radical (unpaired) electrons. The number of hydrogen-bond donors (Lipinski definition) is 2. The Morgan fingerprint density at radius 1 is 1.60 bits per heavy atom. The second kappa shape index (κ2) is 5.67. The molecule has 1 rings (SSSR count). The van der Waals surface area contributed by atoms with Crippen LogP contribution in [0.3, 0.4) is 0 Å². The van der Waals surface area contributed by atoms with Crippen molar-refractivity contribution in [2.45, 2.75) is 5.92 Å². The molecule has 0 aromatic carbocycles. The molecule has 15 heavy (non-hydrogen) atoms. The molecule has 0 aliphatic rings. The van der Waals surface area contributed by atoms with Crippen LogP contribution >= 0.6 is 12.4 Å². The van der Waals surface area contributed by atoms with Gasteiger partial charge in [0.15, 0.2) is 0 Å². The van der Waals surface area contributed by atoms with Crippen LogP contribution in [0.2, 0.25) is 0 Å². The number of rotatable bonds is 4. The zero-order valence-electron chi connectivity index (χ0n) is 7.70. The maximum absolute atomic E-state index is 12.6. The van der Waals surface area contributed by atoms with E-state index in [1.807, 2.05) is 5.32 Å². The Hall–Kier alpha value is -1.14. The zero-order chi connectivity index (χ0) is 10.6. The van der Waals surface area contributed by atoms with Gasteiger partial charge in [-0.25, -0.2) is 8.78 Å². The molecule has 0 fully saturated rings. The second-order valence-corrected chi connectivity index (χ2v) is 2.75. The molecule has 0 bridgehead atoms. The van der Waals surface area contributed by atoms with Gasteiger partial charge in [-0.15, -0.1) is 12.4 Å². The van der Waals surface area contributed by atoms with Crippen molar-refractivity contribution in [3.8, 4) is 0 Å². The van der Waals surface area contributed by atoms with E-state index in [1.54, 1.807) is 0 Å². The summed E-state index contributed by atoms with van der Waals surface area (Å²) in [4.78, 5) is 11.1. The zero-order valence-corrected chi connectivity index (χ0v) is 8.52. The highest BCUT2D eigenvalue weighted by molar-refractivity contribution is 5.93. The maximum atomic E-state index is 12.6. The first-order valence-corrected chi connectivity index (χ1v) is 3.93. The standard InChI is InChI=1S/C8H10F2N2O2.ClH/c9-8(10,4-11)5-12-7(13)6-1-2-14-3-6;/h1-3H,4-5,11H2,(H,12,13);1H. The lowest BCUT2D eigenvalue weighted by atomic mass is 10.3. The Bertz CT molecular complexity index is 304. The molecule has 0 aliphatic carbocycles. The Morgan fingerprint density at radius 3 is 2.73 bits per heavy atom. The van der Waals surface area contributed by atoms with Crippen LogP contribution in [0.1, 0.15) is 10.4 Å². The third-order valence-electron chi connectivity index (χ3n) is 1.59. The Labute approximate surface area is 91.2 Å². The first-order valence-electron chi connectivity index (χ1n) is 3.93. The molecule has 0 spiro atoms. The first kappa shape index (κ1) is 13.9. The van der Waals surface area contributed by atoms with Crippen LogP contribution in [0.15, 0.2) is 23.0 Å². The van der Waals surface area contributed by atoms with Crippen molar-refractivity contribution in [1.29, 1.82) is 0 Å². The van der Waals surface area contributed by atoms with Crippen molar-refractivity contribution < 1.29 is 18.0 Å². The van der Waals surface area contributed by atoms with Gasteiger partial charge in [0.05, 0.1) is 24.9 Å². The number of nitrogens with one attached hydrogen (secondary N) is 1. The Kier molecular flexibility index (Phi) is 5.24. The summed E-state index contributed by atoms with van der Waals surface area (Å²) in [5.74, 6) is -3.67. The Morgan fingerprint density at radius 2 is 2.27 bits per heavy atom. The summed E-state index contributed by atoms with van der Waals surface area (Å²) < 4.78 is 29.8. The number of nitrogens with two attached hydrogens (primary N) is 1. The smallest absolute Gasteiger partial charge is 0.277 e. The van der Waals surface area contributed by atoms with E-state index >= 15 is 0 Å². The number of alkyl halides is 2. The van der Waals surface area contributed by atoms with Crippen LogP contribution in [0, 0.1) is 0 Å². The van der Waals surface area contributed by atoms with Gasteiger partial charge in [-0.05, 0) is 6.07 Å². The molecular weight excluding hydrogens is 230 g/mol. The van der Waals surface area contributed by atoms with Gasteiger partial charge < -0.3 is 15.5 Å². The number of amides is 1. The molecule has 0 saturated heterocycles. The fourth-order valence-corrected chi connectivity index (χ4v) is 0.777. The van der Waals surface area contributed by atoms with E-state index in [0.29, 0.717) is 0 Å². The minimum absolute atomic E-state index is 0. The van der Waals surface area contributed by atoms with Crippen LogP contribution < -0.4 is 11.1 Å². The predicted octanol–water partition coefficient (Wildman–Crippen LogP) is 1.03. The molecule has 0 atom stereocenters. The summed E-state index contributed by atoms with van der Waals surface area (Å²) in [5.41, 5.74) is 5.00. The lowest BCUT2D eigenvalue weighted by Gasteiger charge is -2.13. The monoisotopic (exact) mass is 240 g/mol. The molecule has 3 N–H and O–H groups in total. The van der Waals surface area contributed by atoms with Gasteiger partial charge >= 0.3 is 0 Å². The molecule has 86 valence electrons. The first-order chi connectivity index (χ1) is 6.55. The topological polar surface area (TPSA) is 68.3 Å². The van der Waals surface area contributed by atoms with E-state index in [0.717, 1.165) is 0 Å². The third-order valence-corrected chi connectivity index (χ3v) is 1.59. The molecule has 4 nitrogen and oxygen atoms in total. The minimum Gasteiger partial charge on any atom is -0.472 e. The second-order valence-electron chi connectivity index (χ2n) is 2.75. The minimum atomic E-state index is -3.07. The molecular formula is C8H11ClF2N2O2. The van der Waals surface area contributed by atoms with E-state index in [2.05, 4.69) is 4.42 Å². The van der Waals surface area contributed by atoms with E-state index in [9.17, 15) is 13.6 Å². The number of halogens is 3. The summed E-state index contributed by atoms with van der Waals surface area (Å²) in [6.07, 6.45) is 2.46. The van der Waals surface area contributed by atoms with Gasteiger partial charge in [0, 0.05) is 0 Å². The summed E-state index contributed by atoms with van der Waals surface area (Å²) in [5, 5.41) is 2.05. The van der Waals surface area contributed by atoms with Crippen LogP contribution in [0.5, 0.6) is 0 Å². The van der Waals surface area contributed by atoms with E-state index < -0.39 is 24.9 Å². The summed E-state index contributed by atoms with van der Waals surface area (Å²) >= 11 is 0. The molecule has 0 unspecified atom stereocenters. The molecule has 1 aromatic rings. The van der Waals surface area contributed by atoms with Gasteiger partial charge in [-0.3, -0.25) is 4.79 Å². The van der Waals surface area contributed by atoms with Crippen LogP contribution in [0.4, 0.5) is 8.78 Å². The highest BCUT2D eigenvalue weighted by Gasteiger charge is 2.27. The van der Waals surface area contributed by atoms with Gasteiger partial charge in [-0.2, -0.15) is 0 Å². The van der Waals surface area contributed by atoms with Crippen LogP contribution in [0.25, 0.3) is 0 Å². The molecule has 1 aromatic heterocycles. The molecule has 7 heteroatoms. The molecule has 1 heterocycles. The number of furan rings is 1. The van der Waals surface area contributed by atoms with Crippen LogP contribution in [-0.2, 0) is 0 Å². The summed E-state index contributed by atoms with van der Waals surface area (Å²) in [6, 6.07) is 1.38. The Balaban J connectivity index is 0.00000196. The van der Waals surface area contributed by atoms with Gasteiger partial charge in [0.1, 0.15) is 6.26 Å². The van der Waals surface area contributed by atoms with Crippen molar-refractivity contribution in [3.63, 3.8) is 0 Å². The predicted molar refractivity (Wildman–Crippen MR) is 52.3 cm³/mol. The number of carbonyl (C=O) groups is 1. The van der Waals surface area contributed by atoms with Gasteiger partial charge in [-0.1, -0.05) is 0 Å². The quantitative estimate of drug-likeness (QED) is 0.826. The summed E-state index contributed by atoms with van der Waals surface area (Å²) in [6.45, 7) is -1.56. The summed E-state index contributed by atoms with van der Waals surface area (Å²) in [7, 11) is 0. The third kappa shape index (κ3) is 4.26. The van der Waals surface area contributed by atoms with Crippen molar-refractivity contribution in [1.82, 2.24) is 5.32 Å². The SMILES string of the molecule is Cl.NCC(F)(F)CNC(=O)c1ccoc1. The molecule has 1 amide bonds. The van der Waals surface area contributed by atoms with E-state index in [4.69, 9.17) is 5.73 Å². The molecule has 0 saturated carbocycles. The lowest BCUT2D eigenvalue weighted by Crippen LogP contribution is -2.41. The van der Waals surface area contributed by atoms with E-state index in [1.165, 1.54) is 18.6 Å². The fraction of sp³-hybridized carbons (Fsp3) is 0.375. The van der Waals surface area contributed by atoms with Gasteiger partial charge in [0.25, 0.3) is 11.8 Å². The number of carbonyl (C=O) groups excluding carboxylic acids is 1. The van der Waals surface area contributed by atoms with Crippen molar-refractivity contribution in [2.24, 2.45) is 5.73 Å². The van der Waals surface area contributed by atoms with Crippen molar-refractivity contribution in [2.75, 3.05) is 13.1 Å². The lowest BCUT2D eigenvalue weighted by molar-refractivity contribution is 0.0118. The average molecular weight is 241 g/mol. The highest BCUT2D eigenvalue weighted by Crippen LogP contribution is 2.09. The number of hydrogen-bond acceptors (Lipinski definition) is 3. The highest BCUT2D eigenvalue weighted by atomic mass is 35.5. The molecule has 0 aliphatic heterocycles. The van der Waals surface area contributed by atoms with Crippen molar-refractivity contribution in [3.05, 3.63) is 24.2 Å². The average Bonchev–Trinajstić information content (AvgIpc) is 2.67. The largest absolute Gasteiger partial charge is 0.472 e.